The van der Waals surface area contributed by atoms with E-state index in [0.29, 0.717) is 13.0 Å². The summed E-state index contributed by atoms with van der Waals surface area (Å²) in [4.78, 5) is 11.2. The van der Waals surface area contributed by atoms with Gasteiger partial charge >= 0.3 is 5.97 Å². The Morgan fingerprint density at radius 3 is 2.13 bits per heavy atom. The first kappa shape index (κ1) is 22.3. The molecule has 0 bridgehead atoms. The van der Waals surface area contributed by atoms with Crippen LogP contribution >= 0.6 is 0 Å². The highest BCUT2D eigenvalue weighted by Gasteiger charge is 2.25. The summed E-state index contributed by atoms with van der Waals surface area (Å²) in [5.41, 5.74) is 0. The third kappa shape index (κ3) is 12.4. The zero-order chi connectivity index (χ0) is 17.5. The number of hydrogen-bond donors (Lipinski definition) is 3. The normalized spacial score (nSPS) is 15.2. The van der Waals surface area contributed by atoms with Gasteiger partial charge < -0.3 is 24.8 Å². The number of hydrogen-bond acceptors (Lipinski definition) is 6. The van der Waals surface area contributed by atoms with Crippen LogP contribution in [0, 0.1) is 0 Å². The van der Waals surface area contributed by atoms with Crippen molar-refractivity contribution in [3.63, 3.8) is 0 Å². The number of carbonyl (C=O) groups is 1. The van der Waals surface area contributed by atoms with Crippen molar-refractivity contribution in [3.05, 3.63) is 0 Å². The SMILES string of the molecule is CCCCCCCCOCC(O)C(O)C(O)COC(=O)CCC. The van der Waals surface area contributed by atoms with Crippen molar-refractivity contribution in [2.24, 2.45) is 0 Å². The highest BCUT2D eigenvalue weighted by atomic mass is 16.5. The molecule has 23 heavy (non-hydrogen) atoms. The summed E-state index contributed by atoms with van der Waals surface area (Å²) in [6.45, 7) is 4.18. The topological polar surface area (TPSA) is 96.2 Å². The van der Waals surface area contributed by atoms with Crippen LogP contribution in [0.5, 0.6) is 0 Å². The molecule has 0 saturated heterocycles. The largest absolute Gasteiger partial charge is 0.463 e. The van der Waals surface area contributed by atoms with Crippen LogP contribution in [0.15, 0.2) is 0 Å². The maximum atomic E-state index is 11.2. The molecule has 0 aliphatic rings. The van der Waals surface area contributed by atoms with Gasteiger partial charge in [-0.2, -0.15) is 0 Å². The van der Waals surface area contributed by atoms with E-state index in [1.807, 2.05) is 6.92 Å². The molecular formula is C17H34O6. The molecule has 0 rings (SSSR count). The van der Waals surface area contributed by atoms with E-state index < -0.39 is 24.3 Å². The Balaban J connectivity index is 3.67. The van der Waals surface area contributed by atoms with Crippen molar-refractivity contribution in [2.75, 3.05) is 19.8 Å². The second-order valence-corrected chi connectivity index (χ2v) is 5.90. The molecule has 0 radical (unpaired) electrons. The summed E-state index contributed by atoms with van der Waals surface area (Å²) in [6.07, 6.45) is 3.93. The highest BCUT2D eigenvalue weighted by Crippen LogP contribution is 2.06. The molecule has 0 aromatic heterocycles. The van der Waals surface area contributed by atoms with Crippen molar-refractivity contribution in [1.29, 1.82) is 0 Å². The van der Waals surface area contributed by atoms with Crippen LogP contribution in [-0.2, 0) is 14.3 Å². The lowest BCUT2D eigenvalue weighted by molar-refractivity contribution is -0.153. The number of ether oxygens (including phenoxy) is 2. The first-order chi connectivity index (χ1) is 11.0. The third-order valence-electron chi connectivity index (χ3n) is 3.59. The van der Waals surface area contributed by atoms with Crippen molar-refractivity contribution in [1.82, 2.24) is 0 Å². The first-order valence-corrected chi connectivity index (χ1v) is 8.80. The van der Waals surface area contributed by atoms with Gasteiger partial charge in [0.25, 0.3) is 0 Å². The Morgan fingerprint density at radius 1 is 0.870 bits per heavy atom. The summed E-state index contributed by atoms with van der Waals surface area (Å²) < 4.78 is 10.1. The van der Waals surface area contributed by atoms with E-state index in [4.69, 9.17) is 9.47 Å². The van der Waals surface area contributed by atoms with Crippen molar-refractivity contribution >= 4 is 5.97 Å². The maximum Gasteiger partial charge on any atom is 0.305 e. The molecule has 0 fully saturated rings. The second-order valence-electron chi connectivity index (χ2n) is 5.90. The van der Waals surface area contributed by atoms with E-state index in [9.17, 15) is 20.1 Å². The monoisotopic (exact) mass is 334 g/mol. The van der Waals surface area contributed by atoms with Gasteiger partial charge in [-0.3, -0.25) is 4.79 Å². The molecule has 0 aliphatic heterocycles. The molecule has 0 amide bonds. The molecule has 3 N–H and O–H groups in total. The lowest BCUT2D eigenvalue weighted by Crippen LogP contribution is -2.42. The minimum absolute atomic E-state index is 0.0455. The Bertz CT molecular complexity index is 284. The van der Waals surface area contributed by atoms with Gasteiger partial charge in [-0.25, -0.2) is 0 Å². The fraction of sp³-hybridized carbons (Fsp3) is 0.941. The predicted octanol–water partition coefficient (Wildman–Crippen LogP) is 1.79. The van der Waals surface area contributed by atoms with Crippen LogP contribution in [0.2, 0.25) is 0 Å². The smallest absolute Gasteiger partial charge is 0.305 e. The van der Waals surface area contributed by atoms with Crippen LogP contribution in [0.3, 0.4) is 0 Å². The van der Waals surface area contributed by atoms with E-state index in [2.05, 4.69) is 6.92 Å². The fourth-order valence-corrected chi connectivity index (χ4v) is 2.10. The minimum atomic E-state index is -1.39. The van der Waals surface area contributed by atoms with E-state index in [0.717, 1.165) is 12.8 Å². The molecular weight excluding hydrogens is 300 g/mol. The molecule has 0 aromatic rings. The summed E-state index contributed by atoms with van der Waals surface area (Å²) in [7, 11) is 0. The number of unbranched alkanes of at least 4 members (excludes halogenated alkanes) is 5. The Hall–Kier alpha value is -0.690. The minimum Gasteiger partial charge on any atom is -0.463 e. The van der Waals surface area contributed by atoms with E-state index >= 15 is 0 Å². The van der Waals surface area contributed by atoms with Gasteiger partial charge in [-0.1, -0.05) is 46.0 Å². The third-order valence-corrected chi connectivity index (χ3v) is 3.59. The fourth-order valence-electron chi connectivity index (χ4n) is 2.10. The van der Waals surface area contributed by atoms with Gasteiger partial charge in [0, 0.05) is 13.0 Å². The summed E-state index contributed by atoms with van der Waals surface area (Å²) in [5.74, 6) is -0.424. The molecule has 6 heteroatoms. The van der Waals surface area contributed by atoms with Gasteiger partial charge in [0.05, 0.1) is 6.61 Å². The van der Waals surface area contributed by atoms with Gasteiger partial charge in [0.1, 0.15) is 24.9 Å². The molecule has 0 heterocycles. The highest BCUT2D eigenvalue weighted by molar-refractivity contribution is 5.69. The van der Waals surface area contributed by atoms with E-state index in [1.165, 1.54) is 25.7 Å². The zero-order valence-electron chi connectivity index (χ0n) is 14.6. The average molecular weight is 334 g/mol. The van der Waals surface area contributed by atoms with Crippen molar-refractivity contribution < 1.29 is 29.6 Å². The van der Waals surface area contributed by atoms with Gasteiger partial charge in [0.15, 0.2) is 0 Å². The number of esters is 1. The van der Waals surface area contributed by atoms with Crippen LogP contribution < -0.4 is 0 Å². The van der Waals surface area contributed by atoms with Crippen LogP contribution in [0.25, 0.3) is 0 Å². The lowest BCUT2D eigenvalue weighted by atomic mass is 10.1. The lowest BCUT2D eigenvalue weighted by Gasteiger charge is -2.22. The molecule has 138 valence electrons. The van der Waals surface area contributed by atoms with Crippen molar-refractivity contribution in [3.8, 4) is 0 Å². The number of aliphatic hydroxyl groups is 3. The summed E-state index contributed by atoms with van der Waals surface area (Å²) in [5, 5.41) is 29.2. The number of carbonyl (C=O) groups excluding carboxylic acids is 1. The van der Waals surface area contributed by atoms with Gasteiger partial charge in [0.2, 0.25) is 0 Å². The molecule has 0 aliphatic carbocycles. The van der Waals surface area contributed by atoms with Crippen molar-refractivity contribution in [2.45, 2.75) is 83.5 Å². The quantitative estimate of drug-likeness (QED) is 0.312. The maximum absolute atomic E-state index is 11.2. The van der Waals surface area contributed by atoms with E-state index in [1.54, 1.807) is 0 Å². The Kier molecular flexibility index (Phi) is 14.4. The van der Waals surface area contributed by atoms with Crippen LogP contribution in [-0.4, -0.2) is 59.4 Å². The predicted molar refractivity (Wildman–Crippen MR) is 88.1 cm³/mol. The average Bonchev–Trinajstić information content (AvgIpc) is 2.54. The van der Waals surface area contributed by atoms with E-state index in [-0.39, 0.29) is 19.6 Å². The first-order valence-electron chi connectivity index (χ1n) is 8.80. The molecule has 0 aromatic carbocycles. The molecule has 3 unspecified atom stereocenters. The summed E-state index contributed by atoms with van der Waals surface area (Å²) >= 11 is 0. The zero-order valence-corrected chi connectivity index (χ0v) is 14.6. The molecule has 0 saturated carbocycles. The Morgan fingerprint density at radius 2 is 1.48 bits per heavy atom. The van der Waals surface area contributed by atoms with Gasteiger partial charge in [-0.05, 0) is 12.8 Å². The molecule has 6 nitrogen and oxygen atoms in total. The van der Waals surface area contributed by atoms with Crippen LogP contribution in [0.1, 0.15) is 65.2 Å². The molecule has 0 spiro atoms. The second kappa shape index (κ2) is 14.9. The summed E-state index contributed by atoms with van der Waals surface area (Å²) in [6, 6.07) is 0. The van der Waals surface area contributed by atoms with Gasteiger partial charge in [-0.15, -0.1) is 0 Å². The standard InChI is InChI=1S/C17H34O6/c1-3-5-6-7-8-9-11-22-12-14(18)17(21)15(19)13-23-16(20)10-4-2/h14-15,17-19,21H,3-13H2,1-2H3. The Labute approximate surface area is 139 Å². The number of rotatable bonds is 15. The van der Waals surface area contributed by atoms with Crippen LogP contribution in [0.4, 0.5) is 0 Å². The number of aliphatic hydroxyl groups excluding tert-OH is 3. The molecule has 3 atom stereocenters.